The summed E-state index contributed by atoms with van der Waals surface area (Å²) in [6, 6.07) is 7.71. The smallest absolute Gasteiger partial charge is 0.387 e. The summed E-state index contributed by atoms with van der Waals surface area (Å²) in [7, 11) is 0. The Morgan fingerprint density at radius 1 is 1.00 bits per heavy atom. The molecule has 0 radical (unpaired) electrons. The summed E-state index contributed by atoms with van der Waals surface area (Å²) in [6.45, 7) is -2.46. The van der Waals surface area contributed by atoms with Crippen LogP contribution in [0.15, 0.2) is 53.5 Å². The molecule has 11 heteroatoms. The van der Waals surface area contributed by atoms with Crippen LogP contribution in [0.3, 0.4) is 0 Å². The summed E-state index contributed by atoms with van der Waals surface area (Å²) in [5, 5.41) is 12.0. The van der Waals surface area contributed by atoms with Crippen LogP contribution in [0.4, 0.5) is 22.0 Å². The number of aromatic nitrogens is 1. The number of halogens is 5. The molecular formula is C25H15F5N2O4. The van der Waals surface area contributed by atoms with Gasteiger partial charge in [-0.05, 0) is 41.0 Å². The first kappa shape index (κ1) is 23.5. The number of hydrogen-bond acceptors (Lipinski definition) is 4. The van der Waals surface area contributed by atoms with Crippen LogP contribution in [0.2, 0.25) is 0 Å². The molecule has 2 N–H and O–H groups in total. The SMILES string of the molecule is O=C(O)c1cn(-c2ccc(F)cc2F)c2c(OC(F)F)c(-c3ccc4c(c3)CNC4)c(F)cc2c1=O. The molecule has 0 aliphatic carbocycles. The third kappa shape index (κ3) is 3.87. The molecule has 0 amide bonds. The molecule has 184 valence electrons. The highest BCUT2D eigenvalue weighted by molar-refractivity contribution is 5.98. The zero-order chi connectivity index (χ0) is 25.7. The van der Waals surface area contributed by atoms with Gasteiger partial charge in [0.15, 0.2) is 5.75 Å². The first-order valence-electron chi connectivity index (χ1n) is 10.5. The minimum absolute atomic E-state index is 0.147. The van der Waals surface area contributed by atoms with Gasteiger partial charge >= 0.3 is 12.6 Å². The van der Waals surface area contributed by atoms with E-state index in [1.54, 1.807) is 12.1 Å². The number of nitrogens with one attached hydrogen (secondary N) is 1. The van der Waals surface area contributed by atoms with Gasteiger partial charge in [0, 0.05) is 25.4 Å². The van der Waals surface area contributed by atoms with E-state index in [0.29, 0.717) is 31.4 Å². The quantitative estimate of drug-likeness (QED) is 0.377. The Hall–Kier alpha value is -4.25. The molecule has 0 atom stereocenters. The van der Waals surface area contributed by atoms with Gasteiger partial charge in [0.05, 0.1) is 16.6 Å². The van der Waals surface area contributed by atoms with Crippen LogP contribution in [0.5, 0.6) is 5.75 Å². The van der Waals surface area contributed by atoms with Crippen molar-refractivity contribution in [1.29, 1.82) is 0 Å². The number of benzene rings is 3. The average molecular weight is 502 g/mol. The highest BCUT2D eigenvalue weighted by Crippen LogP contribution is 2.41. The van der Waals surface area contributed by atoms with Crippen molar-refractivity contribution in [2.24, 2.45) is 0 Å². The Balaban J connectivity index is 1.95. The summed E-state index contributed by atoms with van der Waals surface area (Å²) < 4.78 is 76.5. The lowest BCUT2D eigenvalue weighted by Crippen LogP contribution is -2.20. The monoisotopic (exact) mass is 502 g/mol. The van der Waals surface area contributed by atoms with Gasteiger partial charge in [-0.15, -0.1) is 0 Å². The van der Waals surface area contributed by atoms with Gasteiger partial charge in [0.1, 0.15) is 28.5 Å². The fraction of sp³-hybridized carbons (Fsp3) is 0.120. The van der Waals surface area contributed by atoms with Crippen molar-refractivity contribution in [3.05, 3.63) is 93.0 Å². The van der Waals surface area contributed by atoms with Crippen molar-refractivity contribution < 1.29 is 36.6 Å². The number of carboxylic acid groups (broad SMARTS) is 1. The zero-order valence-corrected chi connectivity index (χ0v) is 18.1. The molecule has 6 nitrogen and oxygen atoms in total. The minimum Gasteiger partial charge on any atom is -0.477 e. The van der Waals surface area contributed by atoms with E-state index < -0.39 is 68.9 Å². The maximum absolute atomic E-state index is 15.5. The number of hydrogen-bond donors (Lipinski definition) is 2. The second kappa shape index (κ2) is 8.76. The molecule has 0 saturated carbocycles. The number of alkyl halides is 2. The highest BCUT2D eigenvalue weighted by Gasteiger charge is 2.27. The van der Waals surface area contributed by atoms with E-state index >= 15 is 4.39 Å². The topological polar surface area (TPSA) is 80.6 Å². The van der Waals surface area contributed by atoms with Crippen molar-refractivity contribution in [3.8, 4) is 22.6 Å². The van der Waals surface area contributed by atoms with E-state index in [1.165, 1.54) is 6.07 Å². The number of aromatic carboxylic acids is 1. The Morgan fingerprint density at radius 3 is 2.44 bits per heavy atom. The second-order valence-corrected chi connectivity index (χ2v) is 8.07. The predicted molar refractivity (Wildman–Crippen MR) is 119 cm³/mol. The molecular weight excluding hydrogens is 487 g/mol. The van der Waals surface area contributed by atoms with E-state index in [-0.39, 0.29) is 5.56 Å². The number of rotatable bonds is 5. The summed E-state index contributed by atoms with van der Waals surface area (Å²) in [5.74, 6) is -5.79. The molecule has 0 bridgehead atoms. The fourth-order valence-corrected chi connectivity index (χ4v) is 4.37. The van der Waals surface area contributed by atoms with Crippen LogP contribution in [-0.4, -0.2) is 22.3 Å². The maximum Gasteiger partial charge on any atom is 0.387 e. The third-order valence-electron chi connectivity index (χ3n) is 5.93. The second-order valence-electron chi connectivity index (χ2n) is 8.07. The van der Waals surface area contributed by atoms with Crippen LogP contribution < -0.4 is 15.5 Å². The van der Waals surface area contributed by atoms with Gasteiger partial charge in [-0.3, -0.25) is 4.79 Å². The molecule has 0 unspecified atom stereocenters. The molecule has 2 heterocycles. The van der Waals surface area contributed by atoms with E-state index in [4.69, 9.17) is 4.74 Å². The zero-order valence-electron chi connectivity index (χ0n) is 18.1. The van der Waals surface area contributed by atoms with Crippen LogP contribution in [0, 0.1) is 17.5 Å². The largest absolute Gasteiger partial charge is 0.477 e. The van der Waals surface area contributed by atoms with Gasteiger partial charge in [0.2, 0.25) is 5.43 Å². The van der Waals surface area contributed by atoms with Gasteiger partial charge < -0.3 is 19.7 Å². The Labute approximate surface area is 199 Å². The van der Waals surface area contributed by atoms with Gasteiger partial charge in [-0.1, -0.05) is 12.1 Å². The van der Waals surface area contributed by atoms with Crippen LogP contribution >= 0.6 is 0 Å². The van der Waals surface area contributed by atoms with Crippen molar-refractivity contribution in [1.82, 2.24) is 9.88 Å². The molecule has 0 saturated heterocycles. The lowest BCUT2D eigenvalue weighted by molar-refractivity contribution is -0.0487. The summed E-state index contributed by atoms with van der Waals surface area (Å²) >= 11 is 0. The number of nitrogens with zero attached hydrogens (tertiary/aromatic N) is 1. The molecule has 1 aromatic heterocycles. The lowest BCUT2D eigenvalue weighted by atomic mass is 9.97. The molecule has 1 aliphatic heterocycles. The molecule has 4 aromatic rings. The molecule has 0 spiro atoms. The first-order chi connectivity index (χ1) is 17.2. The van der Waals surface area contributed by atoms with E-state index in [9.17, 15) is 32.3 Å². The Morgan fingerprint density at radius 2 is 1.75 bits per heavy atom. The average Bonchev–Trinajstić information content (AvgIpc) is 3.27. The van der Waals surface area contributed by atoms with E-state index in [2.05, 4.69) is 5.32 Å². The Kier molecular flexibility index (Phi) is 5.71. The predicted octanol–water partition coefficient (Wildman–Crippen LogP) is 4.98. The summed E-state index contributed by atoms with van der Waals surface area (Å²) in [5.41, 5.74) is -1.64. The van der Waals surface area contributed by atoms with Crippen LogP contribution in [0.25, 0.3) is 27.7 Å². The number of pyridine rings is 1. The number of ether oxygens (including phenoxy) is 1. The normalized spacial score (nSPS) is 12.8. The maximum atomic E-state index is 15.5. The van der Waals surface area contributed by atoms with E-state index in [1.807, 2.05) is 0 Å². The molecule has 0 fully saturated rings. The fourth-order valence-electron chi connectivity index (χ4n) is 4.37. The minimum atomic E-state index is -3.48. The molecule has 1 aliphatic rings. The molecule has 5 rings (SSSR count). The van der Waals surface area contributed by atoms with Crippen molar-refractivity contribution >= 4 is 16.9 Å². The number of carbonyl (C=O) groups is 1. The standard InChI is InChI=1S/C25H15F5N2O4/c26-14-3-4-19(17(27)6-14)32-10-16(24(34)35)22(33)15-7-18(28)20(23(21(15)32)36-25(29)30)11-1-2-12-8-31-9-13(12)5-11/h1-7,10,25,31H,8-9H2,(H,34,35). The molecule has 3 aromatic carbocycles. The van der Waals surface area contributed by atoms with Gasteiger partial charge in [-0.25, -0.2) is 18.0 Å². The van der Waals surface area contributed by atoms with Crippen LogP contribution in [-0.2, 0) is 13.1 Å². The number of fused-ring (bicyclic) bond motifs is 2. The van der Waals surface area contributed by atoms with Gasteiger partial charge in [-0.2, -0.15) is 8.78 Å². The van der Waals surface area contributed by atoms with Crippen molar-refractivity contribution in [2.75, 3.05) is 0 Å². The van der Waals surface area contributed by atoms with E-state index in [0.717, 1.165) is 27.8 Å². The van der Waals surface area contributed by atoms with Crippen LogP contribution in [0.1, 0.15) is 21.5 Å². The lowest BCUT2D eigenvalue weighted by Gasteiger charge is -2.20. The van der Waals surface area contributed by atoms with Crippen molar-refractivity contribution in [3.63, 3.8) is 0 Å². The highest BCUT2D eigenvalue weighted by atomic mass is 19.3. The van der Waals surface area contributed by atoms with Gasteiger partial charge in [0.25, 0.3) is 0 Å². The Bertz CT molecular complexity index is 1620. The summed E-state index contributed by atoms with van der Waals surface area (Å²) in [4.78, 5) is 24.6. The van der Waals surface area contributed by atoms with Crippen molar-refractivity contribution in [2.45, 2.75) is 19.7 Å². The third-order valence-corrected chi connectivity index (χ3v) is 5.93. The summed E-state index contributed by atoms with van der Waals surface area (Å²) in [6.07, 6.45) is 0.704. The first-order valence-corrected chi connectivity index (χ1v) is 10.5. The number of carboxylic acids is 1. The molecule has 36 heavy (non-hydrogen) atoms.